The number of unbranched alkanes of at least 4 members (excludes halogenated alkanes) is 15. The predicted octanol–water partition coefficient (Wildman–Crippen LogP) is 5.55. The first-order chi connectivity index (χ1) is 15.9. The van der Waals surface area contributed by atoms with Crippen LogP contribution in [0.5, 0.6) is 0 Å². The van der Waals surface area contributed by atoms with Crippen molar-refractivity contribution >= 4 is 7.82 Å². The monoisotopic (exact) mass is 493 g/mol. The van der Waals surface area contributed by atoms with Crippen molar-refractivity contribution in [3.05, 3.63) is 0 Å². The van der Waals surface area contributed by atoms with E-state index in [1.807, 2.05) is 21.0 Å². The van der Waals surface area contributed by atoms with Gasteiger partial charge in [0.15, 0.2) is 0 Å². The molecular weight excluding hydrogens is 437 g/mol. The number of nitrogens with one attached hydrogen (secondary N) is 1. The highest BCUT2D eigenvalue weighted by Crippen LogP contribution is 2.38. The average Bonchev–Trinajstić information content (AvgIpc) is 2.76. The van der Waals surface area contributed by atoms with Crippen molar-refractivity contribution in [2.45, 2.75) is 117 Å². The molecule has 0 rings (SSSR count). The number of likely N-dealkylation sites (N-methyl/N-ethyl adjacent to an activating group) is 1. The van der Waals surface area contributed by atoms with Crippen molar-refractivity contribution < 1.29 is 28.1 Å². The Morgan fingerprint density at radius 2 is 1.15 bits per heavy atom. The van der Waals surface area contributed by atoms with E-state index in [9.17, 15) is 9.46 Å². The van der Waals surface area contributed by atoms with Gasteiger partial charge in [-0.2, -0.15) is 0 Å². The third kappa shape index (κ3) is 26.5. The minimum absolute atomic E-state index is 0.0245. The molecule has 0 aromatic heterocycles. The van der Waals surface area contributed by atoms with Crippen LogP contribution in [0.3, 0.4) is 0 Å². The highest BCUT2D eigenvalue weighted by molar-refractivity contribution is 7.45. The zero-order valence-electron chi connectivity index (χ0n) is 22.4. The molecule has 0 heterocycles. The standard InChI is InChI=1S/C26H56NO5P/c1-5-6-7-8-9-10-11-12-13-14-15-16-17-18-19-20-22-30-24-26(2)25-32-33(28,29)31-23-21-27(3)4/h26H,5-25H2,1-4H3,(H,28,29)/t26-/m0/s1. The van der Waals surface area contributed by atoms with Crippen LogP contribution in [0.4, 0.5) is 0 Å². The summed E-state index contributed by atoms with van der Waals surface area (Å²) in [6, 6.07) is 0. The SMILES string of the molecule is CCCCCCCCCCCCCCCCCCOC[C@H](C)COP(=O)([O-])OCC[NH+](C)C. The van der Waals surface area contributed by atoms with Crippen LogP contribution in [-0.2, 0) is 18.3 Å². The molecule has 6 nitrogen and oxygen atoms in total. The van der Waals surface area contributed by atoms with E-state index in [1.165, 1.54) is 96.3 Å². The third-order valence-corrected chi connectivity index (χ3v) is 6.88. The first-order valence-corrected chi connectivity index (χ1v) is 15.3. The highest BCUT2D eigenvalue weighted by atomic mass is 31.2. The van der Waals surface area contributed by atoms with Gasteiger partial charge in [-0.05, 0) is 6.42 Å². The van der Waals surface area contributed by atoms with Gasteiger partial charge >= 0.3 is 0 Å². The fourth-order valence-electron chi connectivity index (χ4n) is 3.70. The van der Waals surface area contributed by atoms with Crippen LogP contribution in [0.2, 0.25) is 0 Å². The molecular formula is C26H56NO5P. The lowest BCUT2D eigenvalue weighted by Gasteiger charge is -2.24. The summed E-state index contributed by atoms with van der Waals surface area (Å²) in [7, 11) is -0.314. The normalized spacial score (nSPS) is 14.6. The molecule has 0 spiro atoms. The quantitative estimate of drug-likeness (QED) is 0.126. The zero-order valence-corrected chi connectivity index (χ0v) is 23.3. The van der Waals surface area contributed by atoms with Gasteiger partial charge in [0.25, 0.3) is 7.82 Å². The minimum Gasteiger partial charge on any atom is -0.756 e. The second kappa shape index (κ2) is 23.8. The van der Waals surface area contributed by atoms with Crippen LogP contribution in [0.25, 0.3) is 0 Å². The fraction of sp³-hybridized carbons (Fsp3) is 1.00. The lowest BCUT2D eigenvalue weighted by molar-refractivity contribution is -0.858. The van der Waals surface area contributed by atoms with E-state index in [-0.39, 0.29) is 19.1 Å². The summed E-state index contributed by atoms with van der Waals surface area (Å²) in [5, 5.41) is 0. The van der Waals surface area contributed by atoms with Crippen molar-refractivity contribution in [3.63, 3.8) is 0 Å². The minimum atomic E-state index is -4.20. The Bertz CT molecular complexity index is 450. The van der Waals surface area contributed by atoms with Gasteiger partial charge in [0.05, 0.1) is 27.3 Å². The van der Waals surface area contributed by atoms with E-state index in [0.29, 0.717) is 13.2 Å². The van der Waals surface area contributed by atoms with Gasteiger partial charge in [-0.1, -0.05) is 110 Å². The summed E-state index contributed by atoms with van der Waals surface area (Å²) in [5.74, 6) is 0.0245. The molecule has 0 radical (unpaired) electrons. The molecule has 2 atom stereocenters. The van der Waals surface area contributed by atoms with Gasteiger partial charge in [0, 0.05) is 12.5 Å². The second-order valence-electron chi connectivity index (χ2n) is 10.0. The van der Waals surface area contributed by atoms with Crippen molar-refractivity contribution in [2.24, 2.45) is 5.92 Å². The molecule has 33 heavy (non-hydrogen) atoms. The lowest BCUT2D eigenvalue weighted by atomic mass is 10.0. The van der Waals surface area contributed by atoms with E-state index in [2.05, 4.69) is 6.92 Å². The number of rotatable bonds is 26. The average molecular weight is 494 g/mol. The Balaban J connectivity index is 3.32. The van der Waals surface area contributed by atoms with Gasteiger partial charge in [-0.15, -0.1) is 0 Å². The number of hydrogen-bond donors (Lipinski definition) is 1. The maximum absolute atomic E-state index is 11.7. The van der Waals surface area contributed by atoms with Crippen LogP contribution in [0, 0.1) is 5.92 Å². The summed E-state index contributed by atoms with van der Waals surface area (Å²) in [6.07, 6.45) is 21.8. The Morgan fingerprint density at radius 3 is 1.61 bits per heavy atom. The van der Waals surface area contributed by atoms with Crippen LogP contribution < -0.4 is 9.79 Å². The Morgan fingerprint density at radius 1 is 0.697 bits per heavy atom. The smallest absolute Gasteiger partial charge is 0.268 e. The van der Waals surface area contributed by atoms with Gasteiger partial charge in [-0.3, -0.25) is 4.57 Å². The van der Waals surface area contributed by atoms with E-state index < -0.39 is 7.82 Å². The number of phosphoric acid groups is 1. The number of ether oxygens (including phenoxy) is 1. The van der Waals surface area contributed by atoms with E-state index in [1.54, 1.807) is 0 Å². The molecule has 0 aromatic rings. The number of hydrogen-bond acceptors (Lipinski definition) is 5. The summed E-state index contributed by atoms with van der Waals surface area (Å²) in [5.41, 5.74) is 0. The Kier molecular flexibility index (Phi) is 23.8. The first-order valence-electron chi connectivity index (χ1n) is 13.8. The summed E-state index contributed by atoms with van der Waals surface area (Å²) in [6.45, 7) is 6.33. The molecule has 0 amide bonds. The lowest BCUT2D eigenvalue weighted by Crippen LogP contribution is -3.06. The summed E-state index contributed by atoms with van der Waals surface area (Å²) < 4.78 is 27.2. The maximum atomic E-state index is 11.7. The van der Waals surface area contributed by atoms with Crippen molar-refractivity contribution in [1.82, 2.24) is 0 Å². The van der Waals surface area contributed by atoms with Gasteiger partial charge in [-0.25, -0.2) is 0 Å². The Hall–Kier alpha value is 0.0300. The molecule has 7 heteroatoms. The van der Waals surface area contributed by atoms with Gasteiger partial charge < -0.3 is 23.6 Å². The predicted molar refractivity (Wildman–Crippen MR) is 137 cm³/mol. The topological polar surface area (TPSA) is 72.3 Å². The summed E-state index contributed by atoms with van der Waals surface area (Å²) >= 11 is 0. The van der Waals surface area contributed by atoms with Gasteiger partial charge in [0.2, 0.25) is 0 Å². The van der Waals surface area contributed by atoms with Crippen LogP contribution in [0.15, 0.2) is 0 Å². The van der Waals surface area contributed by atoms with Crippen LogP contribution in [0.1, 0.15) is 117 Å². The second-order valence-corrected chi connectivity index (χ2v) is 11.4. The van der Waals surface area contributed by atoms with Crippen molar-refractivity contribution in [3.8, 4) is 0 Å². The fourth-order valence-corrected chi connectivity index (χ4v) is 4.53. The molecule has 0 aliphatic carbocycles. The highest BCUT2D eigenvalue weighted by Gasteiger charge is 2.13. The zero-order chi connectivity index (χ0) is 24.6. The molecule has 200 valence electrons. The molecule has 0 aromatic carbocycles. The first kappa shape index (κ1) is 33.0. The third-order valence-electron chi connectivity index (χ3n) is 5.91. The molecule has 0 fully saturated rings. The van der Waals surface area contributed by atoms with Crippen molar-refractivity contribution in [2.75, 3.05) is 47.1 Å². The number of phosphoric ester groups is 1. The number of quaternary nitrogens is 1. The van der Waals surface area contributed by atoms with E-state index in [0.717, 1.165) is 17.9 Å². The molecule has 1 N–H and O–H groups in total. The van der Waals surface area contributed by atoms with E-state index >= 15 is 0 Å². The molecule has 1 unspecified atom stereocenters. The molecule has 0 saturated carbocycles. The largest absolute Gasteiger partial charge is 0.756 e. The molecule has 0 saturated heterocycles. The Labute approximate surface area is 205 Å². The van der Waals surface area contributed by atoms with Crippen molar-refractivity contribution in [1.29, 1.82) is 0 Å². The summed E-state index contributed by atoms with van der Waals surface area (Å²) in [4.78, 5) is 12.8. The van der Waals surface area contributed by atoms with Gasteiger partial charge in [0.1, 0.15) is 13.2 Å². The molecule has 0 aliphatic heterocycles. The molecule has 0 aliphatic rings. The van der Waals surface area contributed by atoms with E-state index in [4.69, 9.17) is 13.8 Å². The van der Waals surface area contributed by atoms with Crippen LogP contribution in [-0.4, -0.2) is 47.1 Å². The van der Waals surface area contributed by atoms with Crippen LogP contribution >= 0.6 is 7.82 Å². The molecule has 0 bridgehead atoms. The maximum Gasteiger partial charge on any atom is 0.268 e.